The number of benzene rings is 1. The summed E-state index contributed by atoms with van der Waals surface area (Å²) in [5.74, 6) is 0.334. The second kappa shape index (κ2) is 8.45. The minimum Gasteiger partial charge on any atom is -0.468 e. The number of para-hydroxylation sites is 1. The van der Waals surface area contributed by atoms with Gasteiger partial charge in [-0.15, -0.1) is 0 Å². The van der Waals surface area contributed by atoms with Crippen LogP contribution in [0.3, 0.4) is 0 Å². The lowest BCUT2D eigenvalue weighted by Gasteiger charge is -2.25. The van der Waals surface area contributed by atoms with E-state index in [4.69, 9.17) is 4.42 Å². The molecule has 1 saturated heterocycles. The fourth-order valence-corrected chi connectivity index (χ4v) is 3.75. The standard InChI is InChI=1S/C22H24N4O3/c1-16-14-19(27)21(24-26(16)17-8-3-2-4-9-17)22(28)23-15-18(20-10-7-13-29-20)25-11-5-6-12-25/h2-4,7-10,13-14,18H,5-6,11-12,15H2,1H3,(H,23,28)/t18-/m0/s1. The van der Waals surface area contributed by atoms with Crippen LogP contribution >= 0.6 is 0 Å². The van der Waals surface area contributed by atoms with Gasteiger partial charge in [-0.05, 0) is 57.1 Å². The normalized spacial score (nSPS) is 15.3. The molecular formula is C22H24N4O3. The van der Waals surface area contributed by atoms with Gasteiger partial charge >= 0.3 is 0 Å². The van der Waals surface area contributed by atoms with E-state index in [1.54, 1.807) is 17.9 Å². The number of aryl methyl sites for hydroxylation is 1. The van der Waals surface area contributed by atoms with E-state index in [9.17, 15) is 9.59 Å². The van der Waals surface area contributed by atoms with Crippen LogP contribution in [0.5, 0.6) is 0 Å². The van der Waals surface area contributed by atoms with E-state index >= 15 is 0 Å². The highest BCUT2D eigenvalue weighted by atomic mass is 16.3. The number of likely N-dealkylation sites (tertiary alicyclic amines) is 1. The molecule has 1 amide bonds. The predicted molar refractivity (Wildman–Crippen MR) is 109 cm³/mol. The molecule has 7 heteroatoms. The lowest BCUT2D eigenvalue weighted by atomic mass is 10.2. The number of hydrogen-bond acceptors (Lipinski definition) is 5. The maximum Gasteiger partial charge on any atom is 0.275 e. The Morgan fingerprint density at radius 3 is 2.62 bits per heavy atom. The summed E-state index contributed by atoms with van der Waals surface area (Å²) in [5, 5.41) is 7.22. The molecule has 7 nitrogen and oxygen atoms in total. The van der Waals surface area contributed by atoms with E-state index in [0.717, 1.165) is 37.4 Å². The van der Waals surface area contributed by atoms with Crippen molar-refractivity contribution in [2.75, 3.05) is 19.6 Å². The molecule has 0 spiro atoms. The SMILES string of the molecule is Cc1cc(=O)c(C(=O)NC[C@@H](c2ccco2)N2CCCC2)nn1-c1ccccc1. The quantitative estimate of drug-likeness (QED) is 0.698. The number of nitrogens with one attached hydrogen (secondary N) is 1. The van der Waals surface area contributed by atoms with Gasteiger partial charge in [-0.2, -0.15) is 5.10 Å². The maximum atomic E-state index is 12.8. The molecule has 2 aromatic heterocycles. The molecule has 150 valence electrons. The van der Waals surface area contributed by atoms with E-state index in [2.05, 4.69) is 15.3 Å². The lowest BCUT2D eigenvalue weighted by Crippen LogP contribution is -2.39. The summed E-state index contributed by atoms with van der Waals surface area (Å²) in [4.78, 5) is 27.5. The molecule has 1 aliphatic rings. The third-order valence-corrected chi connectivity index (χ3v) is 5.23. The number of carbonyl (C=O) groups excluding carboxylic acids is 1. The number of furan rings is 1. The van der Waals surface area contributed by atoms with Gasteiger partial charge in [0.1, 0.15) is 5.76 Å². The molecular weight excluding hydrogens is 368 g/mol. The third kappa shape index (κ3) is 4.14. The van der Waals surface area contributed by atoms with Gasteiger partial charge in [0.2, 0.25) is 5.43 Å². The number of carbonyl (C=O) groups is 1. The Balaban J connectivity index is 1.55. The van der Waals surface area contributed by atoms with Crippen molar-refractivity contribution in [1.82, 2.24) is 20.0 Å². The summed E-state index contributed by atoms with van der Waals surface area (Å²) in [6.07, 6.45) is 3.90. The van der Waals surface area contributed by atoms with E-state index < -0.39 is 5.91 Å². The minimum absolute atomic E-state index is 0.0572. The molecule has 1 fully saturated rings. The Kier molecular flexibility index (Phi) is 5.57. The molecule has 0 radical (unpaired) electrons. The highest BCUT2D eigenvalue weighted by molar-refractivity contribution is 5.92. The van der Waals surface area contributed by atoms with Gasteiger partial charge in [0, 0.05) is 18.3 Å². The van der Waals surface area contributed by atoms with Crippen molar-refractivity contribution in [2.45, 2.75) is 25.8 Å². The van der Waals surface area contributed by atoms with Gasteiger partial charge in [0.15, 0.2) is 5.69 Å². The fraction of sp³-hybridized carbons (Fsp3) is 0.318. The second-order valence-corrected chi connectivity index (χ2v) is 7.23. The molecule has 3 heterocycles. The summed E-state index contributed by atoms with van der Waals surface area (Å²) in [6, 6.07) is 14.6. The average Bonchev–Trinajstić information content (AvgIpc) is 3.44. The smallest absolute Gasteiger partial charge is 0.275 e. The molecule has 1 aromatic carbocycles. The van der Waals surface area contributed by atoms with Crippen LogP contribution < -0.4 is 10.7 Å². The molecule has 1 atom stereocenters. The van der Waals surface area contributed by atoms with Crippen LogP contribution in [0.2, 0.25) is 0 Å². The highest BCUT2D eigenvalue weighted by Crippen LogP contribution is 2.24. The van der Waals surface area contributed by atoms with Crippen molar-refractivity contribution in [3.63, 3.8) is 0 Å². The van der Waals surface area contributed by atoms with Crippen LogP contribution in [0.15, 0.2) is 64.0 Å². The van der Waals surface area contributed by atoms with E-state index in [-0.39, 0.29) is 17.2 Å². The van der Waals surface area contributed by atoms with Gasteiger partial charge in [0.05, 0.1) is 18.0 Å². The van der Waals surface area contributed by atoms with Crippen LogP contribution in [0.4, 0.5) is 0 Å². The first-order valence-electron chi connectivity index (χ1n) is 9.85. The van der Waals surface area contributed by atoms with Crippen molar-refractivity contribution < 1.29 is 9.21 Å². The Hall–Kier alpha value is -3.19. The summed E-state index contributed by atoms with van der Waals surface area (Å²) in [7, 11) is 0. The fourth-order valence-electron chi connectivity index (χ4n) is 3.75. The van der Waals surface area contributed by atoms with Crippen LogP contribution in [0.25, 0.3) is 5.69 Å². The minimum atomic E-state index is -0.476. The molecule has 0 saturated carbocycles. The van der Waals surface area contributed by atoms with E-state index in [1.807, 2.05) is 42.5 Å². The molecule has 0 unspecified atom stereocenters. The molecule has 0 bridgehead atoms. The number of amides is 1. The summed E-state index contributed by atoms with van der Waals surface area (Å²) in [6.45, 7) is 4.08. The Bertz CT molecular complexity index is 1020. The Morgan fingerprint density at radius 1 is 1.17 bits per heavy atom. The molecule has 4 rings (SSSR count). The zero-order valence-electron chi connectivity index (χ0n) is 16.4. The molecule has 1 N–H and O–H groups in total. The number of nitrogens with zero attached hydrogens (tertiary/aromatic N) is 3. The lowest BCUT2D eigenvalue weighted by molar-refractivity contribution is 0.0926. The van der Waals surface area contributed by atoms with Crippen LogP contribution in [0, 0.1) is 6.92 Å². The van der Waals surface area contributed by atoms with Crippen molar-refractivity contribution >= 4 is 5.91 Å². The summed E-state index contributed by atoms with van der Waals surface area (Å²) >= 11 is 0. The molecule has 29 heavy (non-hydrogen) atoms. The Morgan fingerprint density at radius 2 is 1.93 bits per heavy atom. The highest BCUT2D eigenvalue weighted by Gasteiger charge is 2.26. The number of hydrogen-bond donors (Lipinski definition) is 1. The zero-order valence-corrected chi connectivity index (χ0v) is 16.4. The number of rotatable bonds is 6. The van der Waals surface area contributed by atoms with Gasteiger partial charge in [-0.25, -0.2) is 4.68 Å². The maximum absolute atomic E-state index is 12.8. The van der Waals surface area contributed by atoms with Crippen molar-refractivity contribution in [3.8, 4) is 5.69 Å². The van der Waals surface area contributed by atoms with E-state index in [0.29, 0.717) is 12.2 Å². The monoisotopic (exact) mass is 392 g/mol. The molecule has 1 aliphatic heterocycles. The van der Waals surface area contributed by atoms with Crippen molar-refractivity contribution in [2.24, 2.45) is 0 Å². The first kappa shape index (κ1) is 19.1. The topological polar surface area (TPSA) is 80.4 Å². The second-order valence-electron chi connectivity index (χ2n) is 7.23. The van der Waals surface area contributed by atoms with Gasteiger partial charge < -0.3 is 9.73 Å². The first-order chi connectivity index (χ1) is 14.1. The summed E-state index contributed by atoms with van der Waals surface area (Å²) in [5.41, 5.74) is 0.967. The molecule has 3 aromatic rings. The van der Waals surface area contributed by atoms with Crippen LogP contribution in [-0.2, 0) is 0 Å². The van der Waals surface area contributed by atoms with Crippen molar-refractivity contribution in [3.05, 3.63) is 82.2 Å². The summed E-state index contributed by atoms with van der Waals surface area (Å²) < 4.78 is 7.20. The first-order valence-corrected chi connectivity index (χ1v) is 9.85. The van der Waals surface area contributed by atoms with E-state index in [1.165, 1.54) is 6.07 Å². The third-order valence-electron chi connectivity index (χ3n) is 5.23. The zero-order chi connectivity index (χ0) is 20.2. The number of aromatic nitrogens is 2. The van der Waals surface area contributed by atoms with Gasteiger partial charge in [-0.3, -0.25) is 14.5 Å². The van der Waals surface area contributed by atoms with Gasteiger partial charge in [0.25, 0.3) is 5.91 Å². The van der Waals surface area contributed by atoms with Gasteiger partial charge in [-0.1, -0.05) is 18.2 Å². The predicted octanol–water partition coefficient (Wildman–Crippen LogP) is 2.70. The van der Waals surface area contributed by atoms with Crippen LogP contribution in [0.1, 0.15) is 40.8 Å². The molecule has 0 aliphatic carbocycles. The van der Waals surface area contributed by atoms with Crippen molar-refractivity contribution in [1.29, 1.82) is 0 Å². The van der Waals surface area contributed by atoms with Crippen LogP contribution in [-0.4, -0.2) is 40.2 Å². The largest absolute Gasteiger partial charge is 0.468 e. The Labute approximate surface area is 169 Å². The average molecular weight is 392 g/mol.